The number of hydrogen-bond acceptors (Lipinski definition) is 9. The highest BCUT2D eigenvalue weighted by atomic mass is 79.9. The molecule has 5 heterocycles. The van der Waals surface area contributed by atoms with Crippen molar-refractivity contribution in [2.24, 2.45) is 7.05 Å². The van der Waals surface area contributed by atoms with Crippen LogP contribution in [0.3, 0.4) is 0 Å². The molecule has 4 fully saturated rings. The molecule has 1 unspecified atom stereocenters. The van der Waals surface area contributed by atoms with Crippen LogP contribution in [0, 0.1) is 6.92 Å². The Bertz CT molecular complexity index is 1870. The van der Waals surface area contributed by atoms with Crippen molar-refractivity contribution in [1.29, 1.82) is 0 Å². The lowest BCUT2D eigenvalue weighted by atomic mass is 9.87. The third-order valence-corrected chi connectivity index (χ3v) is 12.3. The molecule has 0 bridgehead atoms. The molecule has 0 saturated carbocycles. The molecule has 0 radical (unpaired) electrons. The number of halogens is 1. The van der Waals surface area contributed by atoms with Crippen molar-refractivity contribution >= 4 is 45.0 Å². The van der Waals surface area contributed by atoms with Gasteiger partial charge in [-0.25, -0.2) is 4.68 Å². The van der Waals surface area contributed by atoms with Crippen LogP contribution in [0.25, 0.3) is 0 Å². The summed E-state index contributed by atoms with van der Waals surface area (Å²) in [7, 11) is 3.75. The first-order valence-corrected chi connectivity index (χ1v) is 19.3. The Hall–Kier alpha value is -4.07. The van der Waals surface area contributed by atoms with E-state index in [-0.39, 0.29) is 35.2 Å². The Balaban J connectivity index is 0.884. The van der Waals surface area contributed by atoms with Crippen molar-refractivity contribution in [3.05, 3.63) is 85.7 Å². The first kappa shape index (κ1) is 36.3. The molecule has 0 aliphatic carbocycles. The van der Waals surface area contributed by atoms with Crippen LogP contribution >= 0.6 is 15.9 Å². The quantitative estimate of drug-likeness (QED) is 0.347. The Kier molecular flexibility index (Phi) is 10.8. The molecule has 3 atom stereocenters. The number of piperazine rings is 1. The van der Waals surface area contributed by atoms with Crippen LogP contribution in [0.5, 0.6) is 0 Å². The van der Waals surface area contributed by atoms with Gasteiger partial charge in [0.25, 0.3) is 11.5 Å². The standard InChI is InChI=1S/C39H49BrN8O4/c1-25-20-31(8-9-32(25)33-10-11-35(49)43-37(33)50)46-14-12-30(13-15-46)47-16-18-48(19-17-47)38(51)27-6-4-26(5-7-27)28-21-29(24-44(2)23-28)42-34-22-41-45(3)39(52)36(34)40/h4-9,20,22,28-30,33,42H,10-19,21,23-24H2,1-3H3,(H,43,49,50)/t28-,29+,33?/m1/s1. The van der Waals surface area contributed by atoms with Crippen molar-refractivity contribution in [3.8, 4) is 0 Å². The number of amides is 3. The minimum atomic E-state index is -0.260. The van der Waals surface area contributed by atoms with E-state index in [4.69, 9.17) is 0 Å². The Morgan fingerprint density at radius 2 is 1.65 bits per heavy atom. The van der Waals surface area contributed by atoms with Gasteiger partial charge in [0.2, 0.25) is 11.8 Å². The summed E-state index contributed by atoms with van der Waals surface area (Å²) in [5.74, 6) is -0.234. The van der Waals surface area contributed by atoms with Gasteiger partial charge in [0, 0.05) is 89.2 Å². The highest BCUT2D eigenvalue weighted by Crippen LogP contribution is 2.32. The summed E-state index contributed by atoms with van der Waals surface area (Å²) in [4.78, 5) is 59.2. The van der Waals surface area contributed by atoms with E-state index in [0.717, 1.165) is 88.3 Å². The van der Waals surface area contributed by atoms with Gasteiger partial charge in [0.05, 0.1) is 17.8 Å². The summed E-state index contributed by atoms with van der Waals surface area (Å²) in [6.07, 6.45) is 5.71. The van der Waals surface area contributed by atoms with E-state index in [1.165, 1.54) is 15.9 Å². The van der Waals surface area contributed by atoms with Gasteiger partial charge in [0.15, 0.2) is 0 Å². The molecule has 2 aromatic carbocycles. The molecule has 1 aromatic heterocycles. The van der Waals surface area contributed by atoms with Gasteiger partial charge in [-0.3, -0.25) is 29.4 Å². The SMILES string of the molecule is Cc1cc(N2CCC(N3CCN(C(=O)c4ccc([C@@H]5C[C@H](Nc6cnn(C)c(=O)c6Br)CN(C)C5)cc4)CC3)CC2)ccc1C1CCC(=O)NC1=O. The highest BCUT2D eigenvalue weighted by Gasteiger charge is 2.32. The van der Waals surface area contributed by atoms with E-state index in [0.29, 0.717) is 35.0 Å². The number of anilines is 2. The number of likely N-dealkylation sites (tertiary alicyclic amines) is 1. The fourth-order valence-corrected chi connectivity index (χ4v) is 9.07. The number of carbonyl (C=O) groups excluding carboxylic acids is 3. The van der Waals surface area contributed by atoms with Gasteiger partial charge in [0.1, 0.15) is 4.47 Å². The molecule has 52 heavy (non-hydrogen) atoms. The second kappa shape index (κ2) is 15.5. The van der Waals surface area contributed by atoms with E-state index in [1.54, 1.807) is 13.2 Å². The Labute approximate surface area is 313 Å². The van der Waals surface area contributed by atoms with Crippen LogP contribution in [-0.2, 0) is 16.6 Å². The lowest BCUT2D eigenvalue weighted by molar-refractivity contribution is -0.134. The molecule has 4 saturated heterocycles. The molecular formula is C39H49BrN8O4. The molecule has 0 spiro atoms. The lowest BCUT2D eigenvalue weighted by Gasteiger charge is -2.43. The molecule has 4 aliphatic rings. The lowest BCUT2D eigenvalue weighted by Crippen LogP contribution is -2.54. The van der Waals surface area contributed by atoms with Crippen LogP contribution in [0.2, 0.25) is 0 Å². The number of carbonyl (C=O) groups is 3. The van der Waals surface area contributed by atoms with Crippen molar-refractivity contribution in [1.82, 2.24) is 29.8 Å². The number of imide groups is 1. The Morgan fingerprint density at radius 1 is 0.923 bits per heavy atom. The molecule has 12 nitrogen and oxygen atoms in total. The van der Waals surface area contributed by atoms with E-state index in [9.17, 15) is 19.2 Å². The molecule has 3 aromatic rings. The van der Waals surface area contributed by atoms with Crippen LogP contribution in [-0.4, -0.2) is 114 Å². The summed E-state index contributed by atoms with van der Waals surface area (Å²) in [5, 5.41) is 10.2. The van der Waals surface area contributed by atoms with Gasteiger partial charge < -0.3 is 20.0 Å². The number of benzene rings is 2. The highest BCUT2D eigenvalue weighted by molar-refractivity contribution is 9.10. The van der Waals surface area contributed by atoms with Crippen LogP contribution in [0.4, 0.5) is 11.4 Å². The smallest absolute Gasteiger partial charge is 0.282 e. The maximum absolute atomic E-state index is 13.6. The monoisotopic (exact) mass is 772 g/mol. The summed E-state index contributed by atoms with van der Waals surface area (Å²) < 4.78 is 1.81. The van der Waals surface area contributed by atoms with Gasteiger partial charge in [-0.1, -0.05) is 18.2 Å². The third kappa shape index (κ3) is 7.81. The Morgan fingerprint density at radius 3 is 2.35 bits per heavy atom. The van der Waals surface area contributed by atoms with E-state index in [1.807, 2.05) is 17.0 Å². The fraction of sp³-hybridized carbons (Fsp3) is 0.513. The number of hydrogen-bond donors (Lipinski definition) is 2. The zero-order valence-electron chi connectivity index (χ0n) is 30.3. The normalized spacial score (nSPS) is 23.8. The summed E-state index contributed by atoms with van der Waals surface area (Å²) >= 11 is 3.43. The van der Waals surface area contributed by atoms with Gasteiger partial charge in [-0.2, -0.15) is 5.10 Å². The topological polar surface area (TPSA) is 123 Å². The second-order valence-corrected chi connectivity index (χ2v) is 15.8. The van der Waals surface area contributed by atoms with Gasteiger partial charge in [-0.15, -0.1) is 0 Å². The van der Waals surface area contributed by atoms with Crippen molar-refractivity contribution in [2.75, 3.05) is 69.6 Å². The molecular weight excluding hydrogens is 724 g/mol. The zero-order valence-corrected chi connectivity index (χ0v) is 31.9. The predicted octanol–water partition coefficient (Wildman–Crippen LogP) is 3.70. The van der Waals surface area contributed by atoms with Gasteiger partial charge >= 0.3 is 0 Å². The van der Waals surface area contributed by atoms with Crippen LogP contribution in [0.15, 0.2) is 57.9 Å². The molecule has 13 heteroatoms. The van der Waals surface area contributed by atoms with Gasteiger partial charge in [-0.05, 0) is 102 Å². The van der Waals surface area contributed by atoms with Crippen LogP contribution < -0.4 is 21.1 Å². The summed E-state index contributed by atoms with van der Waals surface area (Å²) in [5.41, 5.74) is 5.78. The molecule has 7 rings (SSSR count). The number of nitrogens with zero attached hydrogens (tertiary/aromatic N) is 6. The molecule has 276 valence electrons. The minimum Gasteiger partial charge on any atom is -0.379 e. The third-order valence-electron chi connectivity index (χ3n) is 11.5. The molecule has 4 aliphatic heterocycles. The zero-order chi connectivity index (χ0) is 36.5. The average molecular weight is 774 g/mol. The van der Waals surface area contributed by atoms with Crippen molar-refractivity contribution < 1.29 is 14.4 Å². The first-order valence-electron chi connectivity index (χ1n) is 18.5. The van der Waals surface area contributed by atoms with Crippen LogP contribution in [0.1, 0.15) is 71.0 Å². The number of aryl methyl sites for hydroxylation is 2. The second-order valence-electron chi connectivity index (χ2n) is 15.0. The first-order chi connectivity index (χ1) is 25.0. The maximum atomic E-state index is 13.6. The number of likely N-dealkylation sites (N-methyl/N-ethyl adjacent to an activating group) is 1. The summed E-state index contributed by atoms with van der Waals surface area (Å²) in [6.45, 7) is 9.03. The van der Waals surface area contributed by atoms with E-state index < -0.39 is 0 Å². The van der Waals surface area contributed by atoms with E-state index in [2.05, 4.69) is 90.7 Å². The average Bonchev–Trinajstić information content (AvgIpc) is 3.15. The van der Waals surface area contributed by atoms with Crippen molar-refractivity contribution in [3.63, 3.8) is 0 Å². The fourth-order valence-electron chi connectivity index (χ4n) is 8.59. The molecule has 3 amide bonds. The predicted molar refractivity (Wildman–Crippen MR) is 205 cm³/mol. The number of aromatic nitrogens is 2. The molecule has 2 N–H and O–H groups in total. The largest absolute Gasteiger partial charge is 0.379 e. The number of piperidine rings is 3. The summed E-state index contributed by atoms with van der Waals surface area (Å²) in [6, 6.07) is 15.2. The minimum absolute atomic E-state index is 0.0976. The maximum Gasteiger partial charge on any atom is 0.282 e. The van der Waals surface area contributed by atoms with Crippen molar-refractivity contribution in [2.45, 2.75) is 62.9 Å². The van der Waals surface area contributed by atoms with E-state index >= 15 is 0 Å². The number of nitrogens with one attached hydrogen (secondary N) is 2. The number of rotatable bonds is 7.